The van der Waals surface area contributed by atoms with Crippen LogP contribution in [-0.2, 0) is 11.3 Å². The van der Waals surface area contributed by atoms with Gasteiger partial charge in [0.2, 0.25) is 5.91 Å². The largest absolute Gasteiger partial charge is 0.497 e. The van der Waals surface area contributed by atoms with E-state index >= 15 is 0 Å². The summed E-state index contributed by atoms with van der Waals surface area (Å²) in [5.74, 6) is 1.87. The van der Waals surface area contributed by atoms with Crippen LogP contribution in [0.15, 0.2) is 48.7 Å². The fourth-order valence-corrected chi connectivity index (χ4v) is 2.69. The van der Waals surface area contributed by atoms with Gasteiger partial charge >= 0.3 is 0 Å². The summed E-state index contributed by atoms with van der Waals surface area (Å²) < 4.78 is 17.6. The topological polar surface area (TPSA) is 61.7 Å². The maximum Gasteiger partial charge on any atom is 0.244 e. The number of carbonyl (C=O) groups excluding carboxylic acids is 1. The average molecular weight is 340 g/mol. The van der Waals surface area contributed by atoms with Gasteiger partial charge in [0.25, 0.3) is 0 Å². The summed E-state index contributed by atoms with van der Waals surface area (Å²) in [4.78, 5) is 12.4. The minimum Gasteiger partial charge on any atom is -0.497 e. The van der Waals surface area contributed by atoms with Crippen LogP contribution >= 0.6 is 0 Å². The van der Waals surface area contributed by atoms with Gasteiger partial charge in [-0.25, -0.2) is 0 Å². The van der Waals surface area contributed by atoms with Gasteiger partial charge in [0.1, 0.15) is 23.8 Å². The second-order valence-corrected chi connectivity index (χ2v) is 5.48. The SMILES string of the molecule is COc1ccc(NC(=O)Cn2ccc3cc(OC)ccc32)c(OC)c1. The molecule has 0 aliphatic rings. The van der Waals surface area contributed by atoms with E-state index in [4.69, 9.17) is 14.2 Å². The zero-order valence-electron chi connectivity index (χ0n) is 14.4. The standard InChI is InChI=1S/C19H20N2O4/c1-23-14-5-7-17-13(10-14)8-9-21(17)12-19(22)20-16-6-4-15(24-2)11-18(16)25-3/h4-11H,12H2,1-3H3,(H,20,22). The highest BCUT2D eigenvalue weighted by atomic mass is 16.5. The molecule has 0 aliphatic heterocycles. The van der Waals surface area contributed by atoms with Crippen molar-refractivity contribution in [2.45, 2.75) is 6.54 Å². The fraction of sp³-hybridized carbons (Fsp3) is 0.211. The van der Waals surface area contributed by atoms with Crippen molar-refractivity contribution in [3.8, 4) is 17.2 Å². The van der Waals surface area contributed by atoms with Gasteiger partial charge in [-0.1, -0.05) is 0 Å². The van der Waals surface area contributed by atoms with Gasteiger partial charge < -0.3 is 24.1 Å². The maximum absolute atomic E-state index is 12.4. The Kier molecular flexibility index (Phi) is 4.79. The van der Waals surface area contributed by atoms with Crippen LogP contribution in [0, 0.1) is 0 Å². The van der Waals surface area contributed by atoms with E-state index < -0.39 is 0 Å². The molecule has 0 unspecified atom stereocenters. The normalized spacial score (nSPS) is 10.5. The predicted octanol–water partition coefficient (Wildman–Crippen LogP) is 3.31. The molecule has 0 fully saturated rings. The molecule has 0 bridgehead atoms. The Morgan fingerprint density at radius 1 is 0.960 bits per heavy atom. The Balaban J connectivity index is 1.77. The van der Waals surface area contributed by atoms with Gasteiger partial charge in [0, 0.05) is 23.2 Å². The third-order valence-corrected chi connectivity index (χ3v) is 3.97. The number of benzene rings is 2. The minimum absolute atomic E-state index is 0.142. The molecule has 0 aliphatic carbocycles. The lowest BCUT2D eigenvalue weighted by Gasteiger charge is -2.12. The summed E-state index contributed by atoms with van der Waals surface area (Å²) in [6.45, 7) is 0.199. The number of hydrogen-bond donors (Lipinski definition) is 1. The third-order valence-electron chi connectivity index (χ3n) is 3.97. The molecule has 0 atom stereocenters. The summed E-state index contributed by atoms with van der Waals surface area (Å²) in [6, 6.07) is 13.0. The number of fused-ring (bicyclic) bond motifs is 1. The van der Waals surface area contributed by atoms with Gasteiger partial charge in [0.15, 0.2) is 0 Å². The smallest absolute Gasteiger partial charge is 0.244 e. The number of nitrogens with one attached hydrogen (secondary N) is 1. The zero-order chi connectivity index (χ0) is 17.8. The van der Waals surface area contributed by atoms with Gasteiger partial charge in [-0.2, -0.15) is 0 Å². The van der Waals surface area contributed by atoms with Crippen LogP contribution in [0.25, 0.3) is 10.9 Å². The lowest BCUT2D eigenvalue weighted by atomic mass is 10.2. The second-order valence-electron chi connectivity index (χ2n) is 5.48. The quantitative estimate of drug-likeness (QED) is 0.748. The Morgan fingerprint density at radius 2 is 1.68 bits per heavy atom. The summed E-state index contributed by atoms with van der Waals surface area (Å²) >= 11 is 0. The first-order chi connectivity index (χ1) is 12.1. The van der Waals surface area contributed by atoms with Crippen molar-refractivity contribution in [1.82, 2.24) is 4.57 Å². The summed E-state index contributed by atoms with van der Waals surface area (Å²) in [5.41, 5.74) is 1.57. The van der Waals surface area contributed by atoms with Crippen molar-refractivity contribution in [1.29, 1.82) is 0 Å². The molecular formula is C19H20N2O4. The van der Waals surface area contributed by atoms with Crippen LogP contribution in [0.5, 0.6) is 17.2 Å². The van der Waals surface area contributed by atoms with E-state index in [-0.39, 0.29) is 12.5 Å². The van der Waals surface area contributed by atoms with E-state index in [0.717, 1.165) is 16.7 Å². The van der Waals surface area contributed by atoms with Crippen molar-refractivity contribution in [3.05, 3.63) is 48.7 Å². The van der Waals surface area contributed by atoms with Gasteiger partial charge in [-0.05, 0) is 36.4 Å². The number of hydrogen-bond acceptors (Lipinski definition) is 4. The molecule has 3 aromatic rings. The molecule has 0 saturated heterocycles. The number of anilines is 1. The Labute approximate surface area is 145 Å². The number of ether oxygens (including phenoxy) is 3. The van der Waals surface area contributed by atoms with E-state index in [9.17, 15) is 4.79 Å². The molecule has 25 heavy (non-hydrogen) atoms. The van der Waals surface area contributed by atoms with Gasteiger partial charge in [-0.15, -0.1) is 0 Å². The molecule has 6 nitrogen and oxygen atoms in total. The van der Waals surface area contributed by atoms with E-state index in [1.54, 1.807) is 39.5 Å². The number of rotatable bonds is 6. The molecule has 130 valence electrons. The highest BCUT2D eigenvalue weighted by Gasteiger charge is 2.11. The maximum atomic E-state index is 12.4. The zero-order valence-corrected chi connectivity index (χ0v) is 14.4. The first-order valence-electron chi connectivity index (χ1n) is 7.79. The van der Waals surface area contributed by atoms with Crippen LogP contribution in [0.2, 0.25) is 0 Å². The van der Waals surface area contributed by atoms with Crippen molar-refractivity contribution in [2.75, 3.05) is 26.6 Å². The summed E-state index contributed by atoms with van der Waals surface area (Å²) in [6.07, 6.45) is 1.88. The third kappa shape index (κ3) is 3.52. The van der Waals surface area contributed by atoms with Crippen molar-refractivity contribution in [3.63, 3.8) is 0 Å². The van der Waals surface area contributed by atoms with E-state index in [1.807, 2.05) is 35.0 Å². The summed E-state index contributed by atoms with van der Waals surface area (Å²) in [7, 11) is 4.77. The lowest BCUT2D eigenvalue weighted by molar-refractivity contribution is -0.116. The predicted molar refractivity (Wildman–Crippen MR) is 96.7 cm³/mol. The number of methoxy groups -OCH3 is 3. The van der Waals surface area contributed by atoms with E-state index in [0.29, 0.717) is 17.2 Å². The number of amides is 1. The van der Waals surface area contributed by atoms with Crippen molar-refractivity contribution < 1.29 is 19.0 Å². The molecule has 0 radical (unpaired) electrons. The highest BCUT2D eigenvalue weighted by molar-refractivity contribution is 5.93. The van der Waals surface area contributed by atoms with Crippen LogP contribution in [0.3, 0.4) is 0 Å². The second kappa shape index (κ2) is 7.17. The number of carbonyl (C=O) groups is 1. The molecule has 0 saturated carbocycles. The molecule has 1 heterocycles. The molecular weight excluding hydrogens is 320 g/mol. The average Bonchev–Trinajstić information content (AvgIpc) is 3.03. The van der Waals surface area contributed by atoms with E-state index in [2.05, 4.69) is 5.32 Å². The molecule has 1 amide bonds. The van der Waals surface area contributed by atoms with Crippen molar-refractivity contribution >= 4 is 22.5 Å². The van der Waals surface area contributed by atoms with Gasteiger partial charge in [0.05, 0.1) is 27.0 Å². The van der Waals surface area contributed by atoms with Crippen molar-refractivity contribution in [2.24, 2.45) is 0 Å². The Bertz CT molecular complexity index is 902. The van der Waals surface area contributed by atoms with Crippen LogP contribution < -0.4 is 19.5 Å². The molecule has 0 spiro atoms. The van der Waals surface area contributed by atoms with Gasteiger partial charge in [-0.3, -0.25) is 4.79 Å². The molecule has 1 aromatic heterocycles. The molecule has 2 aromatic carbocycles. The first-order valence-corrected chi connectivity index (χ1v) is 7.79. The van der Waals surface area contributed by atoms with Crippen LogP contribution in [-0.4, -0.2) is 31.8 Å². The monoisotopic (exact) mass is 340 g/mol. The minimum atomic E-state index is -0.142. The molecule has 6 heteroatoms. The Hall–Kier alpha value is -3.15. The highest BCUT2D eigenvalue weighted by Crippen LogP contribution is 2.29. The fourth-order valence-electron chi connectivity index (χ4n) is 2.69. The van der Waals surface area contributed by atoms with E-state index in [1.165, 1.54) is 0 Å². The number of aromatic nitrogens is 1. The van der Waals surface area contributed by atoms with Crippen LogP contribution in [0.1, 0.15) is 0 Å². The summed E-state index contributed by atoms with van der Waals surface area (Å²) in [5, 5.41) is 3.90. The Morgan fingerprint density at radius 3 is 2.40 bits per heavy atom. The number of nitrogens with zero attached hydrogens (tertiary/aromatic N) is 1. The molecule has 1 N–H and O–H groups in total. The van der Waals surface area contributed by atoms with Crippen LogP contribution in [0.4, 0.5) is 5.69 Å². The molecule has 3 rings (SSSR count). The lowest BCUT2D eigenvalue weighted by Crippen LogP contribution is -2.18. The first kappa shape index (κ1) is 16.7.